The van der Waals surface area contributed by atoms with Crippen molar-refractivity contribution in [2.75, 3.05) is 16.2 Å². The zero-order valence-corrected chi connectivity index (χ0v) is 13.2. The maximum Gasteiger partial charge on any atom is 0.264 e. The fourth-order valence-corrected chi connectivity index (χ4v) is 3.97. The summed E-state index contributed by atoms with van der Waals surface area (Å²) in [6, 6.07) is 11.2. The van der Waals surface area contributed by atoms with E-state index in [1.165, 1.54) is 0 Å². The van der Waals surface area contributed by atoms with E-state index in [1.807, 2.05) is 0 Å². The molecule has 2 aromatic rings. The van der Waals surface area contributed by atoms with E-state index in [2.05, 4.69) is 5.32 Å². The molecule has 1 aliphatic heterocycles. The minimum Gasteiger partial charge on any atom is -0.324 e. The summed E-state index contributed by atoms with van der Waals surface area (Å²) in [5.41, 5.74) is 0.353. The van der Waals surface area contributed by atoms with Gasteiger partial charge in [0.25, 0.3) is 10.0 Å². The van der Waals surface area contributed by atoms with Crippen LogP contribution in [0.5, 0.6) is 0 Å². The van der Waals surface area contributed by atoms with Gasteiger partial charge < -0.3 is 5.32 Å². The number of carbonyl (C=O) groups excluding carboxylic acids is 1. The zero-order valence-electron chi connectivity index (χ0n) is 12.4. The van der Waals surface area contributed by atoms with Gasteiger partial charge in [-0.25, -0.2) is 12.8 Å². The van der Waals surface area contributed by atoms with Crippen molar-refractivity contribution in [1.29, 1.82) is 5.26 Å². The van der Waals surface area contributed by atoms with Gasteiger partial charge in [-0.1, -0.05) is 12.1 Å². The van der Waals surface area contributed by atoms with Gasteiger partial charge in [0.15, 0.2) is 0 Å². The Hall–Kier alpha value is -2.92. The third kappa shape index (κ3) is 2.70. The molecule has 0 aliphatic carbocycles. The van der Waals surface area contributed by atoms with E-state index >= 15 is 0 Å². The van der Waals surface area contributed by atoms with Crippen LogP contribution in [0.25, 0.3) is 0 Å². The highest BCUT2D eigenvalue weighted by Crippen LogP contribution is 2.33. The Morgan fingerprint density at radius 1 is 1.21 bits per heavy atom. The zero-order chi connectivity index (χ0) is 17.3. The highest BCUT2D eigenvalue weighted by molar-refractivity contribution is 7.92. The average molecular weight is 345 g/mol. The third-order valence-corrected chi connectivity index (χ3v) is 5.44. The number of hydrogen-bond donors (Lipinski definition) is 1. The normalized spacial score (nSPS) is 14.3. The van der Waals surface area contributed by atoms with Gasteiger partial charge in [-0.05, 0) is 30.3 Å². The van der Waals surface area contributed by atoms with Crippen molar-refractivity contribution in [3.8, 4) is 6.07 Å². The monoisotopic (exact) mass is 345 g/mol. The van der Waals surface area contributed by atoms with Crippen molar-refractivity contribution < 1.29 is 17.6 Å². The lowest BCUT2D eigenvalue weighted by Gasteiger charge is -2.23. The summed E-state index contributed by atoms with van der Waals surface area (Å²) in [6.45, 7) is -0.0511. The van der Waals surface area contributed by atoms with E-state index in [-0.39, 0.29) is 29.3 Å². The van der Waals surface area contributed by atoms with Crippen molar-refractivity contribution in [1.82, 2.24) is 0 Å². The molecule has 6 nitrogen and oxygen atoms in total. The van der Waals surface area contributed by atoms with Gasteiger partial charge in [0.1, 0.15) is 11.9 Å². The first-order chi connectivity index (χ1) is 11.4. The Morgan fingerprint density at radius 3 is 2.71 bits per heavy atom. The summed E-state index contributed by atoms with van der Waals surface area (Å²) in [6.07, 6.45) is -0.0137. The molecule has 3 rings (SSSR count). The largest absolute Gasteiger partial charge is 0.324 e. The number of anilines is 2. The molecule has 0 bridgehead atoms. The van der Waals surface area contributed by atoms with Crippen LogP contribution in [0.2, 0.25) is 0 Å². The minimum absolute atomic E-state index is 0.0137. The van der Waals surface area contributed by atoms with Crippen molar-refractivity contribution in [3.63, 3.8) is 0 Å². The summed E-state index contributed by atoms with van der Waals surface area (Å²) in [4.78, 5) is 11.6. The number of nitrogens with one attached hydrogen (secondary N) is 1. The lowest BCUT2D eigenvalue weighted by atomic mass is 10.2. The van der Waals surface area contributed by atoms with Gasteiger partial charge in [-0.2, -0.15) is 5.26 Å². The average Bonchev–Trinajstić information content (AvgIpc) is 2.73. The molecular formula is C16H12FN3O3S. The van der Waals surface area contributed by atoms with Crippen LogP contribution < -0.4 is 9.62 Å². The molecular weight excluding hydrogens is 333 g/mol. The second-order valence-corrected chi connectivity index (χ2v) is 7.01. The standard InChI is InChI=1S/C16H12FN3O3S/c17-13-6-5-12(9-11(13)10-18)24(22,23)20-8-7-16(21)19-14-3-1-2-4-15(14)20/h1-6,9H,7-8H2,(H,19,21). The predicted molar refractivity (Wildman–Crippen MR) is 85.3 cm³/mol. The Balaban J connectivity index is 2.13. The van der Waals surface area contributed by atoms with E-state index in [0.29, 0.717) is 11.4 Å². The number of halogens is 1. The number of fused-ring (bicyclic) bond motifs is 1. The van der Waals surface area contributed by atoms with Gasteiger partial charge in [0, 0.05) is 13.0 Å². The Kier molecular flexibility index (Phi) is 3.95. The fourth-order valence-electron chi connectivity index (χ4n) is 2.46. The van der Waals surface area contributed by atoms with Crippen LogP contribution in [0.4, 0.5) is 15.8 Å². The third-order valence-electron chi connectivity index (χ3n) is 3.64. The van der Waals surface area contributed by atoms with Gasteiger partial charge >= 0.3 is 0 Å². The molecule has 0 atom stereocenters. The maximum atomic E-state index is 13.5. The highest BCUT2D eigenvalue weighted by atomic mass is 32.2. The number of para-hydroxylation sites is 2. The molecule has 8 heteroatoms. The van der Waals surface area contributed by atoms with Crippen LogP contribution in [-0.2, 0) is 14.8 Å². The highest BCUT2D eigenvalue weighted by Gasteiger charge is 2.30. The number of nitrogens with zero attached hydrogens (tertiary/aromatic N) is 2. The van der Waals surface area contributed by atoms with Crippen molar-refractivity contribution in [2.45, 2.75) is 11.3 Å². The molecule has 0 saturated heterocycles. The molecule has 0 saturated carbocycles. The molecule has 24 heavy (non-hydrogen) atoms. The van der Waals surface area contributed by atoms with Crippen LogP contribution >= 0.6 is 0 Å². The maximum absolute atomic E-state index is 13.5. The topological polar surface area (TPSA) is 90.3 Å². The molecule has 0 spiro atoms. The molecule has 2 aromatic carbocycles. The summed E-state index contributed by atoms with van der Waals surface area (Å²) >= 11 is 0. The van der Waals surface area contributed by atoms with Crippen LogP contribution in [0.15, 0.2) is 47.4 Å². The van der Waals surface area contributed by atoms with Crippen molar-refractivity contribution in [3.05, 3.63) is 53.8 Å². The Bertz CT molecular complexity index is 967. The van der Waals surface area contributed by atoms with Crippen LogP contribution in [0.1, 0.15) is 12.0 Å². The summed E-state index contributed by atoms with van der Waals surface area (Å²) in [5.74, 6) is -1.08. The first-order valence-corrected chi connectivity index (χ1v) is 8.49. The molecule has 1 aliphatic rings. The predicted octanol–water partition coefficient (Wildman–Crippen LogP) is 2.23. The first-order valence-electron chi connectivity index (χ1n) is 7.05. The number of hydrogen-bond acceptors (Lipinski definition) is 4. The fraction of sp³-hybridized carbons (Fsp3) is 0.125. The number of benzene rings is 2. The van der Waals surface area contributed by atoms with E-state index in [4.69, 9.17) is 5.26 Å². The summed E-state index contributed by atoms with van der Waals surface area (Å²) < 4.78 is 40.4. The van der Waals surface area contributed by atoms with Crippen molar-refractivity contribution >= 4 is 27.3 Å². The molecule has 0 unspecified atom stereocenters. The number of carbonyl (C=O) groups is 1. The van der Waals surface area contributed by atoms with Crippen molar-refractivity contribution in [2.24, 2.45) is 0 Å². The van der Waals surface area contributed by atoms with E-state index in [1.54, 1.807) is 30.3 Å². The summed E-state index contributed by atoms with van der Waals surface area (Å²) in [5, 5.41) is 11.6. The second kappa shape index (κ2) is 5.94. The Labute approximate surface area is 138 Å². The van der Waals surface area contributed by atoms with Crippen LogP contribution in [0, 0.1) is 17.1 Å². The molecule has 0 aromatic heterocycles. The van der Waals surface area contributed by atoms with Crippen LogP contribution in [-0.4, -0.2) is 20.9 Å². The molecule has 1 amide bonds. The molecule has 1 N–H and O–H groups in total. The lowest BCUT2D eigenvalue weighted by Crippen LogP contribution is -2.32. The van der Waals surface area contributed by atoms with Gasteiger partial charge in [0.05, 0.1) is 21.8 Å². The molecule has 0 radical (unpaired) electrons. The molecule has 122 valence electrons. The quantitative estimate of drug-likeness (QED) is 0.904. The van der Waals surface area contributed by atoms with E-state index < -0.39 is 15.8 Å². The summed E-state index contributed by atoms with van der Waals surface area (Å²) in [7, 11) is -4.05. The van der Waals surface area contributed by atoms with Gasteiger partial charge in [0.2, 0.25) is 5.91 Å². The van der Waals surface area contributed by atoms with Gasteiger partial charge in [-0.15, -0.1) is 0 Å². The van der Waals surface area contributed by atoms with Gasteiger partial charge in [-0.3, -0.25) is 9.10 Å². The second-order valence-electron chi connectivity index (χ2n) is 5.15. The SMILES string of the molecule is N#Cc1cc(S(=O)(=O)N2CCC(=O)Nc3ccccc32)ccc1F. The minimum atomic E-state index is -4.05. The van der Waals surface area contributed by atoms with Crippen LogP contribution in [0.3, 0.4) is 0 Å². The molecule has 0 fully saturated rings. The Morgan fingerprint density at radius 2 is 1.96 bits per heavy atom. The number of sulfonamides is 1. The number of amides is 1. The van der Waals surface area contributed by atoms with E-state index in [9.17, 15) is 17.6 Å². The lowest BCUT2D eigenvalue weighted by molar-refractivity contribution is -0.115. The first kappa shape index (κ1) is 16.0. The number of nitriles is 1. The van der Waals surface area contributed by atoms with E-state index in [0.717, 1.165) is 22.5 Å². The smallest absolute Gasteiger partial charge is 0.264 e. The number of rotatable bonds is 2. The molecule has 1 heterocycles.